The van der Waals surface area contributed by atoms with Gasteiger partial charge in [0.15, 0.2) is 0 Å². The quantitative estimate of drug-likeness (QED) is 0.599. The molecule has 1 amide bonds. The van der Waals surface area contributed by atoms with E-state index in [-0.39, 0.29) is 5.91 Å². The number of amides is 1. The topological polar surface area (TPSA) is 29.1 Å². The smallest absolute Gasteiger partial charge is 0.248 e. The first kappa shape index (κ1) is 15.6. The minimum atomic E-state index is -0.240. The molecule has 0 aromatic heterocycles. The molecule has 0 aliphatic heterocycles. The lowest BCUT2D eigenvalue weighted by Crippen LogP contribution is -2.07. The van der Waals surface area contributed by atoms with Gasteiger partial charge in [-0.2, -0.15) is 0 Å². The van der Waals surface area contributed by atoms with Crippen molar-refractivity contribution < 1.29 is 4.79 Å². The maximum Gasteiger partial charge on any atom is 0.248 e. The number of nitrogens with one attached hydrogen (secondary N) is 1. The van der Waals surface area contributed by atoms with Crippen LogP contribution in [0.1, 0.15) is 5.56 Å². The number of halogens is 2. The van der Waals surface area contributed by atoms with E-state index < -0.39 is 0 Å². The number of rotatable bonds is 3. The van der Waals surface area contributed by atoms with E-state index in [0.717, 1.165) is 16.5 Å². The Labute approximate surface area is 144 Å². The van der Waals surface area contributed by atoms with Crippen LogP contribution < -0.4 is 5.32 Å². The average molecular weight is 342 g/mol. The van der Waals surface area contributed by atoms with Crippen LogP contribution in [0.3, 0.4) is 0 Å². The van der Waals surface area contributed by atoms with Crippen molar-refractivity contribution in [1.82, 2.24) is 0 Å². The minimum Gasteiger partial charge on any atom is -0.322 e. The Bertz CT molecular complexity index is 883. The van der Waals surface area contributed by atoms with Gasteiger partial charge in [-0.3, -0.25) is 4.79 Å². The van der Waals surface area contributed by atoms with Gasteiger partial charge in [0, 0.05) is 27.4 Å². The number of anilines is 1. The van der Waals surface area contributed by atoms with E-state index in [2.05, 4.69) is 5.32 Å². The zero-order valence-electron chi connectivity index (χ0n) is 12.1. The SMILES string of the molecule is O=C(/C=C/c1c(Cl)cccc1Cl)Nc1ccc2ccccc2c1. The van der Waals surface area contributed by atoms with E-state index in [1.807, 2.05) is 42.5 Å². The Morgan fingerprint density at radius 3 is 2.30 bits per heavy atom. The molecule has 0 aliphatic rings. The van der Waals surface area contributed by atoms with Crippen LogP contribution in [-0.4, -0.2) is 5.91 Å². The lowest BCUT2D eigenvalue weighted by molar-refractivity contribution is -0.111. The molecule has 3 rings (SSSR count). The summed E-state index contributed by atoms with van der Waals surface area (Å²) < 4.78 is 0. The van der Waals surface area contributed by atoms with Gasteiger partial charge in [-0.15, -0.1) is 0 Å². The van der Waals surface area contributed by atoms with Gasteiger partial charge in [0.25, 0.3) is 0 Å². The summed E-state index contributed by atoms with van der Waals surface area (Å²) in [7, 11) is 0. The highest BCUT2D eigenvalue weighted by Gasteiger charge is 2.03. The maximum absolute atomic E-state index is 12.1. The molecular weight excluding hydrogens is 329 g/mol. The van der Waals surface area contributed by atoms with Gasteiger partial charge in [-0.25, -0.2) is 0 Å². The molecule has 3 aromatic carbocycles. The van der Waals surface area contributed by atoms with Crippen LogP contribution in [0.25, 0.3) is 16.8 Å². The third kappa shape index (κ3) is 3.73. The average Bonchev–Trinajstić information content (AvgIpc) is 2.54. The summed E-state index contributed by atoms with van der Waals surface area (Å²) in [6.45, 7) is 0. The highest BCUT2D eigenvalue weighted by Crippen LogP contribution is 2.25. The highest BCUT2D eigenvalue weighted by molar-refractivity contribution is 6.37. The molecule has 0 saturated carbocycles. The van der Waals surface area contributed by atoms with Crippen LogP contribution >= 0.6 is 23.2 Å². The van der Waals surface area contributed by atoms with Crippen LogP contribution in [-0.2, 0) is 4.79 Å². The van der Waals surface area contributed by atoms with Crippen LogP contribution in [0, 0.1) is 0 Å². The number of fused-ring (bicyclic) bond motifs is 1. The molecule has 3 aromatic rings. The first-order valence-electron chi connectivity index (χ1n) is 7.05. The molecule has 1 N–H and O–H groups in total. The van der Waals surface area contributed by atoms with Gasteiger partial charge >= 0.3 is 0 Å². The van der Waals surface area contributed by atoms with Crippen LogP contribution in [0.2, 0.25) is 10.0 Å². The Balaban J connectivity index is 1.77. The van der Waals surface area contributed by atoms with Crippen molar-refractivity contribution in [3.8, 4) is 0 Å². The monoisotopic (exact) mass is 341 g/mol. The van der Waals surface area contributed by atoms with Crippen LogP contribution in [0.5, 0.6) is 0 Å². The molecule has 2 nitrogen and oxygen atoms in total. The van der Waals surface area contributed by atoms with Crippen molar-refractivity contribution in [1.29, 1.82) is 0 Å². The van der Waals surface area contributed by atoms with Gasteiger partial charge in [-0.05, 0) is 41.1 Å². The normalized spacial score (nSPS) is 11.0. The van der Waals surface area contributed by atoms with Crippen molar-refractivity contribution in [2.45, 2.75) is 0 Å². The van der Waals surface area contributed by atoms with E-state index in [1.54, 1.807) is 24.3 Å². The fourth-order valence-corrected chi connectivity index (χ4v) is 2.80. The molecule has 23 heavy (non-hydrogen) atoms. The van der Waals surface area contributed by atoms with Crippen molar-refractivity contribution in [2.75, 3.05) is 5.32 Å². The lowest BCUT2D eigenvalue weighted by atomic mass is 10.1. The summed E-state index contributed by atoms with van der Waals surface area (Å²) in [6.07, 6.45) is 3.03. The first-order chi connectivity index (χ1) is 11.1. The molecule has 114 valence electrons. The molecule has 0 aliphatic carbocycles. The number of carbonyl (C=O) groups excluding carboxylic acids is 1. The van der Waals surface area contributed by atoms with E-state index in [9.17, 15) is 4.79 Å². The zero-order chi connectivity index (χ0) is 16.2. The highest BCUT2D eigenvalue weighted by atomic mass is 35.5. The van der Waals surface area contributed by atoms with Crippen molar-refractivity contribution in [3.63, 3.8) is 0 Å². The van der Waals surface area contributed by atoms with Gasteiger partial charge in [0.1, 0.15) is 0 Å². The lowest BCUT2D eigenvalue weighted by Gasteiger charge is -2.05. The molecule has 0 fully saturated rings. The van der Waals surface area contributed by atoms with Gasteiger partial charge in [0.05, 0.1) is 0 Å². The molecule has 0 atom stereocenters. The van der Waals surface area contributed by atoms with E-state index >= 15 is 0 Å². The molecule has 0 saturated heterocycles. The predicted octanol–water partition coefficient (Wildman–Crippen LogP) is 5.80. The molecule has 0 radical (unpaired) electrons. The summed E-state index contributed by atoms with van der Waals surface area (Å²) in [6, 6.07) is 19.0. The zero-order valence-corrected chi connectivity index (χ0v) is 13.6. The summed E-state index contributed by atoms with van der Waals surface area (Å²) >= 11 is 12.1. The predicted molar refractivity (Wildman–Crippen MR) is 98.1 cm³/mol. The third-order valence-corrected chi connectivity index (χ3v) is 4.08. The Morgan fingerprint density at radius 2 is 1.57 bits per heavy atom. The minimum absolute atomic E-state index is 0.240. The summed E-state index contributed by atoms with van der Waals surface area (Å²) in [5, 5.41) is 6.05. The fraction of sp³-hybridized carbons (Fsp3) is 0. The van der Waals surface area contributed by atoms with Gasteiger partial charge < -0.3 is 5.32 Å². The van der Waals surface area contributed by atoms with Gasteiger partial charge in [0.2, 0.25) is 5.91 Å². The Kier molecular flexibility index (Phi) is 4.65. The van der Waals surface area contributed by atoms with Crippen molar-refractivity contribution in [2.24, 2.45) is 0 Å². The van der Waals surface area contributed by atoms with Crippen molar-refractivity contribution in [3.05, 3.63) is 82.3 Å². The second-order valence-corrected chi connectivity index (χ2v) is 5.83. The number of carbonyl (C=O) groups is 1. The standard InChI is InChI=1S/C19H13Cl2NO/c20-17-6-3-7-18(21)16(17)10-11-19(23)22-15-9-8-13-4-1-2-5-14(13)12-15/h1-12H,(H,22,23)/b11-10+. The third-order valence-electron chi connectivity index (χ3n) is 3.42. The molecule has 0 heterocycles. The van der Waals surface area contributed by atoms with Crippen LogP contribution in [0.15, 0.2) is 66.7 Å². The molecule has 0 spiro atoms. The van der Waals surface area contributed by atoms with Gasteiger partial charge in [-0.1, -0.05) is 59.6 Å². The molecule has 0 unspecified atom stereocenters. The van der Waals surface area contributed by atoms with Crippen molar-refractivity contribution >= 4 is 51.6 Å². The summed E-state index contributed by atoms with van der Waals surface area (Å²) in [5.74, 6) is -0.240. The Morgan fingerprint density at radius 1 is 0.870 bits per heavy atom. The summed E-state index contributed by atoms with van der Waals surface area (Å²) in [5.41, 5.74) is 1.37. The van der Waals surface area contributed by atoms with Crippen LogP contribution in [0.4, 0.5) is 5.69 Å². The van der Waals surface area contributed by atoms with E-state index in [1.165, 1.54) is 6.08 Å². The molecule has 4 heteroatoms. The Hall–Kier alpha value is -2.29. The summed E-state index contributed by atoms with van der Waals surface area (Å²) in [4.78, 5) is 12.1. The van der Waals surface area contributed by atoms with E-state index in [0.29, 0.717) is 15.6 Å². The maximum atomic E-state index is 12.1. The van der Waals surface area contributed by atoms with E-state index in [4.69, 9.17) is 23.2 Å². The number of hydrogen-bond acceptors (Lipinski definition) is 1. The largest absolute Gasteiger partial charge is 0.322 e. The molecular formula is C19H13Cl2NO. The number of hydrogen-bond donors (Lipinski definition) is 1. The second-order valence-electron chi connectivity index (χ2n) is 5.02. The fourth-order valence-electron chi connectivity index (χ4n) is 2.28. The second kappa shape index (κ2) is 6.86. The molecule has 0 bridgehead atoms. The first-order valence-corrected chi connectivity index (χ1v) is 7.81. The number of benzene rings is 3.